The number of pyridine rings is 1. The van der Waals surface area contributed by atoms with Crippen LogP contribution in [0.1, 0.15) is 29.0 Å². The molecule has 1 saturated heterocycles. The largest absolute Gasteiger partial charge is 0.351 e. The molecule has 4 nitrogen and oxygen atoms in total. The molecule has 4 aromatic rings. The van der Waals surface area contributed by atoms with Gasteiger partial charge in [-0.1, -0.05) is 29.8 Å². The van der Waals surface area contributed by atoms with Crippen LogP contribution >= 0.6 is 23.8 Å². The van der Waals surface area contributed by atoms with Gasteiger partial charge in [0.2, 0.25) is 0 Å². The molecule has 32 heavy (non-hydrogen) atoms. The summed E-state index contributed by atoms with van der Waals surface area (Å²) in [5, 5.41) is 4.55. The van der Waals surface area contributed by atoms with Gasteiger partial charge in [0.1, 0.15) is 11.9 Å². The average Bonchev–Trinajstić information content (AvgIpc) is 3.41. The fraction of sp³-hybridized carbons (Fsp3) is 0.120. The zero-order valence-corrected chi connectivity index (χ0v) is 18.8. The molecule has 1 aliphatic heterocycles. The molecule has 0 spiro atoms. The molecule has 160 valence electrons. The molecule has 5 rings (SSSR count). The average molecular weight is 463 g/mol. The van der Waals surface area contributed by atoms with Crippen molar-refractivity contribution in [3.05, 3.63) is 113 Å². The number of anilines is 1. The normalized spacial score (nSPS) is 18.1. The van der Waals surface area contributed by atoms with E-state index in [9.17, 15) is 4.39 Å². The van der Waals surface area contributed by atoms with Gasteiger partial charge in [-0.2, -0.15) is 0 Å². The van der Waals surface area contributed by atoms with Crippen molar-refractivity contribution in [2.24, 2.45) is 0 Å². The van der Waals surface area contributed by atoms with Crippen LogP contribution in [0.2, 0.25) is 5.02 Å². The highest BCUT2D eigenvalue weighted by Crippen LogP contribution is 2.43. The Morgan fingerprint density at radius 2 is 1.84 bits per heavy atom. The molecule has 0 amide bonds. The second-order valence-corrected chi connectivity index (χ2v) is 8.48. The SMILES string of the molecule is Cc1cc(-n2cccc2C2C(c3ccccn3)NC(=S)N2c2ccccc2F)ccc1Cl. The van der Waals surface area contributed by atoms with E-state index in [1.54, 1.807) is 18.3 Å². The van der Waals surface area contributed by atoms with Crippen LogP contribution < -0.4 is 10.2 Å². The van der Waals surface area contributed by atoms with Crippen LogP contribution in [-0.4, -0.2) is 14.7 Å². The number of aryl methyl sites for hydroxylation is 1. The molecular weight excluding hydrogens is 443 g/mol. The quantitative estimate of drug-likeness (QED) is 0.369. The number of aromatic nitrogens is 2. The maximum atomic E-state index is 14.9. The Kier molecular flexibility index (Phi) is 5.41. The Labute approximate surface area is 196 Å². The van der Waals surface area contributed by atoms with Crippen LogP contribution in [0.3, 0.4) is 0 Å². The molecule has 1 N–H and O–H groups in total. The van der Waals surface area contributed by atoms with Crippen LogP contribution in [-0.2, 0) is 0 Å². The number of thiocarbonyl (C=S) groups is 1. The second kappa shape index (κ2) is 8.37. The van der Waals surface area contributed by atoms with Gasteiger partial charge < -0.3 is 14.8 Å². The third-order valence-corrected chi connectivity index (χ3v) is 6.45. The molecule has 7 heteroatoms. The van der Waals surface area contributed by atoms with E-state index >= 15 is 0 Å². The maximum absolute atomic E-state index is 14.9. The van der Waals surface area contributed by atoms with E-state index in [4.69, 9.17) is 23.8 Å². The predicted molar refractivity (Wildman–Crippen MR) is 130 cm³/mol. The molecular formula is C25H20ClFN4S. The van der Waals surface area contributed by atoms with Gasteiger partial charge in [0, 0.05) is 28.8 Å². The summed E-state index contributed by atoms with van der Waals surface area (Å²) in [6.45, 7) is 1.98. The summed E-state index contributed by atoms with van der Waals surface area (Å²) in [5.41, 5.74) is 4.17. The molecule has 1 fully saturated rings. The second-order valence-electron chi connectivity index (χ2n) is 7.68. The fourth-order valence-corrected chi connectivity index (χ4v) is 4.67. The van der Waals surface area contributed by atoms with Gasteiger partial charge in [-0.05, 0) is 79.3 Å². The molecule has 0 saturated carbocycles. The molecule has 2 atom stereocenters. The molecule has 1 aliphatic rings. The molecule has 2 aromatic heterocycles. The van der Waals surface area contributed by atoms with E-state index in [1.807, 2.05) is 72.6 Å². The van der Waals surface area contributed by atoms with E-state index in [2.05, 4.69) is 14.9 Å². The van der Waals surface area contributed by atoms with Gasteiger partial charge in [0.05, 0.1) is 17.4 Å². The van der Waals surface area contributed by atoms with E-state index in [-0.39, 0.29) is 17.9 Å². The Balaban J connectivity index is 1.69. The minimum absolute atomic E-state index is 0.259. The number of nitrogens with zero attached hydrogens (tertiary/aromatic N) is 3. The first-order chi connectivity index (χ1) is 15.5. The lowest BCUT2D eigenvalue weighted by atomic mass is 10.0. The summed E-state index contributed by atoms with van der Waals surface area (Å²) in [6.07, 6.45) is 3.75. The molecule has 2 aromatic carbocycles. The molecule has 0 radical (unpaired) electrons. The first-order valence-corrected chi connectivity index (χ1v) is 11.0. The Bertz CT molecular complexity index is 1290. The highest BCUT2D eigenvalue weighted by Gasteiger charge is 2.43. The standard InChI is InChI=1S/C25H20ClFN4S/c1-16-15-17(11-12-18(16)26)30-14-6-10-22(30)24-23(20-8-4-5-13-28-20)29-25(32)31(24)21-9-3-2-7-19(21)27/h2-15,23-24H,1H3,(H,29,32). The lowest BCUT2D eigenvalue weighted by Gasteiger charge is -2.29. The van der Waals surface area contributed by atoms with Crippen molar-refractivity contribution in [1.82, 2.24) is 14.9 Å². The van der Waals surface area contributed by atoms with Crippen molar-refractivity contribution >= 4 is 34.6 Å². The van der Waals surface area contributed by atoms with E-state index < -0.39 is 0 Å². The third kappa shape index (κ3) is 3.55. The number of hydrogen-bond acceptors (Lipinski definition) is 2. The summed E-state index contributed by atoms with van der Waals surface area (Å²) in [5.74, 6) is -0.330. The van der Waals surface area contributed by atoms with Gasteiger partial charge in [-0.25, -0.2) is 4.39 Å². The molecule has 2 unspecified atom stereocenters. The summed E-state index contributed by atoms with van der Waals surface area (Å²) in [7, 11) is 0. The monoisotopic (exact) mass is 462 g/mol. The van der Waals surface area contributed by atoms with Gasteiger partial charge in [-0.15, -0.1) is 0 Å². The van der Waals surface area contributed by atoms with Crippen LogP contribution in [0.25, 0.3) is 5.69 Å². The van der Waals surface area contributed by atoms with Crippen molar-refractivity contribution in [3.63, 3.8) is 0 Å². The lowest BCUT2D eigenvalue weighted by Crippen LogP contribution is -2.31. The Hall–Kier alpha value is -3.22. The van der Waals surface area contributed by atoms with Gasteiger partial charge >= 0.3 is 0 Å². The van der Waals surface area contributed by atoms with Gasteiger partial charge in [0.15, 0.2) is 5.11 Å². The Morgan fingerprint density at radius 1 is 1.03 bits per heavy atom. The van der Waals surface area contributed by atoms with Crippen molar-refractivity contribution in [3.8, 4) is 5.69 Å². The zero-order valence-electron chi connectivity index (χ0n) is 17.2. The van der Waals surface area contributed by atoms with E-state index in [0.29, 0.717) is 15.8 Å². The number of rotatable bonds is 4. The first-order valence-electron chi connectivity index (χ1n) is 10.2. The fourth-order valence-electron chi connectivity index (χ4n) is 4.21. The molecule has 0 aliphatic carbocycles. The number of hydrogen-bond donors (Lipinski definition) is 1. The summed E-state index contributed by atoms with van der Waals surface area (Å²) in [6, 6.07) is 21.8. The smallest absolute Gasteiger partial charge is 0.174 e. The molecule has 0 bridgehead atoms. The maximum Gasteiger partial charge on any atom is 0.174 e. The van der Waals surface area contributed by atoms with Crippen molar-refractivity contribution < 1.29 is 4.39 Å². The van der Waals surface area contributed by atoms with Crippen LogP contribution in [0.15, 0.2) is 85.2 Å². The van der Waals surface area contributed by atoms with Crippen molar-refractivity contribution in [2.45, 2.75) is 19.0 Å². The Morgan fingerprint density at radius 3 is 2.59 bits per heavy atom. The highest BCUT2D eigenvalue weighted by atomic mass is 35.5. The minimum atomic E-state index is -0.330. The topological polar surface area (TPSA) is 33.1 Å². The van der Waals surface area contributed by atoms with Gasteiger partial charge in [0.25, 0.3) is 0 Å². The predicted octanol–water partition coefficient (Wildman–Crippen LogP) is 6.15. The van der Waals surface area contributed by atoms with Crippen LogP contribution in [0.4, 0.5) is 10.1 Å². The number of benzene rings is 2. The lowest BCUT2D eigenvalue weighted by molar-refractivity contribution is 0.542. The number of para-hydroxylation sites is 1. The van der Waals surface area contributed by atoms with Crippen molar-refractivity contribution in [2.75, 3.05) is 4.90 Å². The summed E-state index contributed by atoms with van der Waals surface area (Å²) in [4.78, 5) is 6.41. The van der Waals surface area contributed by atoms with Crippen LogP contribution in [0, 0.1) is 12.7 Å². The highest BCUT2D eigenvalue weighted by molar-refractivity contribution is 7.80. The van der Waals surface area contributed by atoms with E-state index in [1.165, 1.54) is 6.07 Å². The third-order valence-electron chi connectivity index (χ3n) is 5.71. The summed E-state index contributed by atoms with van der Waals surface area (Å²) >= 11 is 12.0. The summed E-state index contributed by atoms with van der Waals surface area (Å²) < 4.78 is 17.0. The van der Waals surface area contributed by atoms with Crippen molar-refractivity contribution in [1.29, 1.82) is 0 Å². The zero-order chi connectivity index (χ0) is 22.2. The minimum Gasteiger partial charge on any atom is -0.351 e. The number of halogens is 2. The first kappa shape index (κ1) is 20.7. The number of nitrogens with one attached hydrogen (secondary N) is 1. The van der Waals surface area contributed by atoms with E-state index in [0.717, 1.165) is 22.6 Å². The van der Waals surface area contributed by atoms with Gasteiger partial charge in [-0.3, -0.25) is 4.98 Å². The molecule has 3 heterocycles. The van der Waals surface area contributed by atoms with Crippen LogP contribution in [0.5, 0.6) is 0 Å².